The molecule has 1 N–H and O–H groups in total. The molecule has 0 saturated carbocycles. The Bertz CT molecular complexity index is 932. The van der Waals surface area contributed by atoms with Gasteiger partial charge in [-0.2, -0.15) is 0 Å². The van der Waals surface area contributed by atoms with Crippen LogP contribution in [0.1, 0.15) is 24.0 Å². The highest BCUT2D eigenvalue weighted by atomic mass is 16.7. The average molecular weight is 410 g/mol. The van der Waals surface area contributed by atoms with Gasteiger partial charge in [0.1, 0.15) is 0 Å². The number of carboxylic acids is 1. The fraction of sp³-hybridized carbons (Fsp3) is 0.391. The molecule has 30 heavy (non-hydrogen) atoms. The topological polar surface area (TPSA) is 79.3 Å². The second kappa shape index (κ2) is 8.36. The van der Waals surface area contributed by atoms with Crippen molar-refractivity contribution in [2.45, 2.75) is 25.4 Å². The van der Waals surface area contributed by atoms with Gasteiger partial charge in [0.15, 0.2) is 11.5 Å². The van der Waals surface area contributed by atoms with Crippen molar-refractivity contribution >= 4 is 11.9 Å². The summed E-state index contributed by atoms with van der Waals surface area (Å²) in [5.41, 5.74) is 1.94. The second-order valence-corrected chi connectivity index (χ2v) is 7.98. The van der Waals surface area contributed by atoms with Gasteiger partial charge in [-0.1, -0.05) is 36.4 Å². The number of fused-ring (bicyclic) bond motifs is 1. The van der Waals surface area contributed by atoms with Gasteiger partial charge in [-0.3, -0.25) is 9.59 Å². The smallest absolute Gasteiger partial charge is 0.308 e. The Morgan fingerprint density at radius 3 is 2.57 bits per heavy atom. The van der Waals surface area contributed by atoms with Crippen molar-refractivity contribution in [3.63, 3.8) is 0 Å². The third-order valence-electron chi connectivity index (χ3n) is 6.08. The van der Waals surface area contributed by atoms with Gasteiger partial charge in [-0.15, -0.1) is 0 Å². The standard InChI is InChI=1S/C23H26N2O5/c1-15(26)25(11-16-6-4-3-5-7-16)13-19-22(23(27)28)18(12-24(19)2)17-8-9-20-21(10-17)30-14-29-20/h3-10,18-19,22H,11-14H2,1-2H3,(H,27,28). The summed E-state index contributed by atoms with van der Waals surface area (Å²) in [5.74, 6) is -0.417. The zero-order chi connectivity index (χ0) is 21.3. The van der Waals surface area contributed by atoms with Crippen LogP contribution in [0.4, 0.5) is 0 Å². The fourth-order valence-corrected chi connectivity index (χ4v) is 4.48. The Hall–Kier alpha value is -3.06. The maximum atomic E-state index is 12.3. The Labute approximate surface area is 175 Å². The molecule has 0 spiro atoms. The molecular weight excluding hydrogens is 384 g/mol. The zero-order valence-electron chi connectivity index (χ0n) is 17.2. The lowest BCUT2D eigenvalue weighted by Crippen LogP contribution is -2.45. The molecular formula is C23H26N2O5. The van der Waals surface area contributed by atoms with Crippen molar-refractivity contribution in [2.24, 2.45) is 5.92 Å². The van der Waals surface area contributed by atoms with Crippen LogP contribution in [0.25, 0.3) is 0 Å². The van der Waals surface area contributed by atoms with E-state index in [2.05, 4.69) is 4.90 Å². The summed E-state index contributed by atoms with van der Waals surface area (Å²) in [4.78, 5) is 28.4. The van der Waals surface area contributed by atoms with Crippen molar-refractivity contribution in [3.05, 3.63) is 59.7 Å². The Morgan fingerprint density at radius 1 is 1.13 bits per heavy atom. The number of carbonyl (C=O) groups excluding carboxylic acids is 1. The molecule has 0 radical (unpaired) electrons. The molecule has 1 amide bonds. The van der Waals surface area contributed by atoms with Crippen LogP contribution in [0.5, 0.6) is 11.5 Å². The molecule has 7 nitrogen and oxygen atoms in total. The molecule has 2 heterocycles. The minimum Gasteiger partial charge on any atom is -0.481 e. The third-order valence-corrected chi connectivity index (χ3v) is 6.08. The number of likely N-dealkylation sites (N-methyl/N-ethyl adjacent to an activating group) is 1. The van der Waals surface area contributed by atoms with Crippen LogP contribution >= 0.6 is 0 Å². The number of nitrogens with zero attached hydrogens (tertiary/aromatic N) is 2. The van der Waals surface area contributed by atoms with E-state index in [1.807, 2.05) is 55.6 Å². The summed E-state index contributed by atoms with van der Waals surface area (Å²) in [5, 5.41) is 10.1. The van der Waals surface area contributed by atoms with Crippen LogP contribution in [0.2, 0.25) is 0 Å². The number of rotatable bonds is 6. The number of ether oxygens (including phenoxy) is 2. The van der Waals surface area contributed by atoms with Crippen molar-refractivity contribution < 1.29 is 24.2 Å². The van der Waals surface area contributed by atoms with Crippen molar-refractivity contribution in [1.29, 1.82) is 0 Å². The largest absolute Gasteiger partial charge is 0.481 e. The van der Waals surface area contributed by atoms with Crippen molar-refractivity contribution in [2.75, 3.05) is 26.9 Å². The highest BCUT2D eigenvalue weighted by Crippen LogP contribution is 2.41. The first kappa shape index (κ1) is 20.2. The first-order valence-electron chi connectivity index (χ1n) is 10.1. The molecule has 0 aromatic heterocycles. The fourth-order valence-electron chi connectivity index (χ4n) is 4.48. The molecule has 3 unspecified atom stereocenters. The molecule has 0 aliphatic carbocycles. The minimum atomic E-state index is -0.852. The van der Waals surface area contributed by atoms with Crippen LogP contribution < -0.4 is 9.47 Å². The predicted molar refractivity (Wildman–Crippen MR) is 110 cm³/mol. The van der Waals surface area contributed by atoms with Crippen LogP contribution in [-0.4, -0.2) is 59.8 Å². The lowest BCUT2D eigenvalue weighted by molar-refractivity contribution is -0.144. The van der Waals surface area contributed by atoms with Gasteiger partial charge in [0, 0.05) is 38.5 Å². The predicted octanol–water partition coefficient (Wildman–Crippen LogP) is 2.56. The van der Waals surface area contributed by atoms with Gasteiger partial charge in [-0.05, 0) is 30.3 Å². The van der Waals surface area contributed by atoms with Gasteiger partial charge in [0.25, 0.3) is 0 Å². The van der Waals surface area contributed by atoms with Gasteiger partial charge in [-0.25, -0.2) is 0 Å². The van der Waals surface area contributed by atoms with Crippen LogP contribution in [-0.2, 0) is 16.1 Å². The molecule has 4 rings (SSSR count). The van der Waals surface area contributed by atoms with Crippen LogP contribution in [0.15, 0.2) is 48.5 Å². The number of likely N-dealkylation sites (tertiary alicyclic amines) is 1. The van der Waals surface area contributed by atoms with Crippen LogP contribution in [0, 0.1) is 5.92 Å². The second-order valence-electron chi connectivity index (χ2n) is 7.98. The lowest BCUT2D eigenvalue weighted by Gasteiger charge is -2.30. The van der Waals surface area contributed by atoms with Gasteiger partial charge in [0.2, 0.25) is 12.7 Å². The van der Waals surface area contributed by atoms with E-state index in [0.717, 1.165) is 11.1 Å². The molecule has 2 aromatic rings. The molecule has 1 saturated heterocycles. The van der Waals surface area contributed by atoms with Crippen LogP contribution in [0.3, 0.4) is 0 Å². The molecule has 0 bridgehead atoms. The molecule has 158 valence electrons. The first-order valence-corrected chi connectivity index (χ1v) is 10.1. The van der Waals surface area contributed by atoms with E-state index in [0.29, 0.717) is 31.1 Å². The van der Waals surface area contributed by atoms with E-state index < -0.39 is 11.9 Å². The van der Waals surface area contributed by atoms with Crippen molar-refractivity contribution in [1.82, 2.24) is 9.80 Å². The van der Waals surface area contributed by atoms with E-state index in [-0.39, 0.29) is 24.7 Å². The monoisotopic (exact) mass is 410 g/mol. The number of benzene rings is 2. The normalized spacial score (nSPS) is 22.8. The van der Waals surface area contributed by atoms with E-state index in [1.165, 1.54) is 6.92 Å². The van der Waals surface area contributed by atoms with Gasteiger partial charge >= 0.3 is 5.97 Å². The molecule has 2 aliphatic heterocycles. The highest BCUT2D eigenvalue weighted by molar-refractivity contribution is 5.75. The quantitative estimate of drug-likeness (QED) is 0.789. The van der Waals surface area contributed by atoms with Crippen molar-refractivity contribution in [3.8, 4) is 11.5 Å². The Balaban J connectivity index is 1.57. The number of hydrogen-bond donors (Lipinski definition) is 1. The maximum Gasteiger partial charge on any atom is 0.308 e. The number of carbonyl (C=O) groups is 2. The number of amides is 1. The molecule has 7 heteroatoms. The first-order chi connectivity index (χ1) is 14.4. The van der Waals surface area contributed by atoms with E-state index in [4.69, 9.17) is 9.47 Å². The summed E-state index contributed by atoms with van der Waals surface area (Å²) in [6, 6.07) is 15.1. The minimum absolute atomic E-state index is 0.0667. The summed E-state index contributed by atoms with van der Waals surface area (Å²) in [6.45, 7) is 3.13. The maximum absolute atomic E-state index is 12.3. The number of aliphatic carboxylic acids is 1. The number of carboxylic acid groups (broad SMARTS) is 1. The van der Waals surface area contributed by atoms with E-state index >= 15 is 0 Å². The summed E-state index contributed by atoms with van der Waals surface area (Å²) < 4.78 is 10.8. The van der Waals surface area contributed by atoms with E-state index in [9.17, 15) is 14.7 Å². The Kier molecular flexibility index (Phi) is 5.63. The van der Waals surface area contributed by atoms with Gasteiger partial charge < -0.3 is 24.4 Å². The third kappa shape index (κ3) is 3.98. The zero-order valence-corrected chi connectivity index (χ0v) is 17.2. The van der Waals surface area contributed by atoms with E-state index in [1.54, 1.807) is 4.90 Å². The average Bonchev–Trinajstić information content (AvgIpc) is 3.32. The number of hydrogen-bond acceptors (Lipinski definition) is 5. The van der Waals surface area contributed by atoms with Gasteiger partial charge in [0.05, 0.1) is 5.92 Å². The summed E-state index contributed by atoms with van der Waals surface area (Å²) >= 11 is 0. The molecule has 1 fully saturated rings. The SMILES string of the molecule is CC(=O)N(Cc1ccccc1)CC1C(C(=O)O)C(c2ccc3c(c2)OCO3)CN1C. The molecule has 2 aromatic carbocycles. The Morgan fingerprint density at radius 2 is 1.87 bits per heavy atom. The highest BCUT2D eigenvalue weighted by Gasteiger charge is 2.46. The summed E-state index contributed by atoms with van der Waals surface area (Å²) in [6.07, 6.45) is 0. The lowest BCUT2D eigenvalue weighted by atomic mass is 9.85. The molecule has 2 aliphatic rings. The molecule has 3 atom stereocenters. The summed E-state index contributed by atoms with van der Waals surface area (Å²) in [7, 11) is 1.93.